The molecule has 1 aromatic carbocycles. The summed E-state index contributed by atoms with van der Waals surface area (Å²) in [6.45, 7) is 0.457. The van der Waals surface area contributed by atoms with Gasteiger partial charge >= 0.3 is 0 Å². The molecule has 2 unspecified atom stereocenters. The highest BCUT2D eigenvalue weighted by Gasteiger charge is 2.45. The second kappa shape index (κ2) is 4.42. The number of benzene rings is 1. The van der Waals surface area contributed by atoms with Crippen LogP contribution in [0.25, 0.3) is 0 Å². The predicted octanol–water partition coefficient (Wildman–Crippen LogP) is 1.35. The average molecular weight is 297 g/mol. The third kappa shape index (κ3) is 1.95. The first kappa shape index (κ1) is 13.3. The molecule has 1 saturated heterocycles. The lowest BCUT2D eigenvalue weighted by Gasteiger charge is -2.26. The molecule has 1 heterocycles. The highest BCUT2D eigenvalue weighted by atomic mass is 32.2. The van der Waals surface area contributed by atoms with Crippen LogP contribution in [0.5, 0.6) is 0 Å². The average Bonchev–Trinajstić information content (AvgIpc) is 3.00. The Balaban J connectivity index is 2.07. The number of nitro benzene ring substituents is 1. The number of nitrogens with two attached hydrogens (primary N) is 1. The smallest absolute Gasteiger partial charge is 0.289 e. The highest BCUT2D eigenvalue weighted by molar-refractivity contribution is 7.89. The van der Waals surface area contributed by atoms with E-state index in [-0.39, 0.29) is 16.6 Å². The monoisotopic (exact) mass is 297 g/mol. The molecule has 7 nitrogen and oxygen atoms in total. The van der Waals surface area contributed by atoms with Crippen molar-refractivity contribution in [3.05, 3.63) is 28.3 Å². The van der Waals surface area contributed by atoms with E-state index >= 15 is 0 Å². The molecule has 0 aromatic heterocycles. The van der Waals surface area contributed by atoms with Gasteiger partial charge in [0.2, 0.25) is 10.0 Å². The molecule has 2 N–H and O–H groups in total. The Morgan fingerprint density at radius 3 is 2.65 bits per heavy atom. The maximum absolute atomic E-state index is 12.7. The fourth-order valence-corrected chi connectivity index (χ4v) is 5.12. The molecule has 0 radical (unpaired) electrons. The molecule has 1 saturated carbocycles. The zero-order valence-electron chi connectivity index (χ0n) is 10.7. The molecule has 20 heavy (non-hydrogen) atoms. The molecule has 2 bridgehead atoms. The summed E-state index contributed by atoms with van der Waals surface area (Å²) < 4.78 is 26.7. The molecular weight excluding hydrogens is 282 g/mol. The van der Waals surface area contributed by atoms with E-state index in [1.54, 1.807) is 0 Å². The van der Waals surface area contributed by atoms with Crippen LogP contribution in [0.1, 0.15) is 19.3 Å². The third-order valence-electron chi connectivity index (χ3n) is 4.13. The zero-order valence-corrected chi connectivity index (χ0v) is 11.5. The van der Waals surface area contributed by atoms with Gasteiger partial charge in [-0.25, -0.2) is 8.42 Å². The van der Waals surface area contributed by atoms with Gasteiger partial charge in [0.05, 0.1) is 4.92 Å². The molecule has 2 fully saturated rings. The van der Waals surface area contributed by atoms with Crippen LogP contribution in [0.4, 0.5) is 11.4 Å². The quantitative estimate of drug-likeness (QED) is 0.515. The third-order valence-corrected chi connectivity index (χ3v) is 6.07. The fourth-order valence-electron chi connectivity index (χ4n) is 3.19. The Morgan fingerprint density at radius 1 is 1.35 bits per heavy atom. The van der Waals surface area contributed by atoms with Crippen molar-refractivity contribution in [2.24, 2.45) is 5.92 Å². The van der Waals surface area contributed by atoms with Crippen LogP contribution < -0.4 is 5.73 Å². The van der Waals surface area contributed by atoms with Gasteiger partial charge in [0.1, 0.15) is 0 Å². The Labute approximate surface area is 116 Å². The van der Waals surface area contributed by atoms with Crippen LogP contribution in [0.2, 0.25) is 0 Å². The van der Waals surface area contributed by atoms with Gasteiger partial charge in [0.25, 0.3) is 5.69 Å². The number of fused-ring (bicyclic) bond motifs is 2. The fraction of sp³-hybridized carbons (Fsp3) is 0.500. The normalized spacial score (nSPS) is 26.0. The Kier molecular flexibility index (Phi) is 2.94. The van der Waals surface area contributed by atoms with Crippen molar-refractivity contribution in [3.63, 3.8) is 0 Å². The number of hydrogen-bond acceptors (Lipinski definition) is 5. The van der Waals surface area contributed by atoms with Crippen LogP contribution in [-0.2, 0) is 10.0 Å². The number of nitrogens with zero attached hydrogens (tertiary/aromatic N) is 2. The molecule has 1 aliphatic carbocycles. The first-order valence-electron chi connectivity index (χ1n) is 6.45. The number of sulfonamides is 1. The SMILES string of the molecule is Nc1ccc([N+](=O)[O-])c(S(=O)(=O)N2CC3CCC2C3)c1. The summed E-state index contributed by atoms with van der Waals surface area (Å²) in [6, 6.07) is 3.65. The van der Waals surface area contributed by atoms with Gasteiger partial charge in [0.15, 0.2) is 4.90 Å². The van der Waals surface area contributed by atoms with E-state index < -0.39 is 20.6 Å². The maximum atomic E-state index is 12.7. The van der Waals surface area contributed by atoms with Crippen molar-refractivity contribution in [2.45, 2.75) is 30.2 Å². The van der Waals surface area contributed by atoms with Crippen molar-refractivity contribution >= 4 is 21.4 Å². The summed E-state index contributed by atoms with van der Waals surface area (Å²) in [4.78, 5) is 10.1. The van der Waals surface area contributed by atoms with Crippen molar-refractivity contribution in [2.75, 3.05) is 12.3 Å². The minimum absolute atomic E-state index is 0.0222. The molecule has 0 spiro atoms. The molecule has 1 aromatic rings. The number of nitro groups is 1. The Hall–Kier alpha value is -1.67. The Morgan fingerprint density at radius 2 is 2.10 bits per heavy atom. The number of anilines is 1. The first-order valence-corrected chi connectivity index (χ1v) is 7.89. The lowest BCUT2D eigenvalue weighted by Crippen LogP contribution is -2.37. The summed E-state index contributed by atoms with van der Waals surface area (Å²) >= 11 is 0. The van der Waals surface area contributed by atoms with Gasteiger partial charge in [-0.15, -0.1) is 0 Å². The molecule has 108 valence electrons. The van der Waals surface area contributed by atoms with Gasteiger partial charge < -0.3 is 5.73 Å². The van der Waals surface area contributed by atoms with Gasteiger partial charge in [-0.1, -0.05) is 0 Å². The second-order valence-electron chi connectivity index (χ2n) is 5.39. The lowest BCUT2D eigenvalue weighted by atomic mass is 10.1. The largest absolute Gasteiger partial charge is 0.399 e. The van der Waals surface area contributed by atoms with E-state index in [2.05, 4.69) is 0 Å². The Bertz CT molecular complexity index is 673. The maximum Gasteiger partial charge on any atom is 0.289 e. The summed E-state index contributed by atoms with van der Waals surface area (Å²) in [7, 11) is -3.86. The van der Waals surface area contributed by atoms with Crippen molar-refractivity contribution < 1.29 is 13.3 Å². The van der Waals surface area contributed by atoms with Crippen LogP contribution >= 0.6 is 0 Å². The number of rotatable bonds is 3. The standard InChI is InChI=1S/C12H15N3O4S/c13-9-2-4-11(15(16)17)12(6-9)20(18,19)14-7-8-1-3-10(14)5-8/h2,4,6,8,10H,1,3,5,7,13H2. The summed E-state index contributed by atoms with van der Waals surface area (Å²) in [6.07, 6.45) is 2.73. The molecule has 2 aliphatic rings. The van der Waals surface area contributed by atoms with Gasteiger partial charge in [0, 0.05) is 24.3 Å². The number of hydrogen-bond donors (Lipinski definition) is 1. The molecule has 0 amide bonds. The lowest BCUT2D eigenvalue weighted by molar-refractivity contribution is -0.387. The van der Waals surface area contributed by atoms with Crippen LogP contribution in [-0.4, -0.2) is 30.2 Å². The van der Waals surface area contributed by atoms with E-state index in [9.17, 15) is 18.5 Å². The van der Waals surface area contributed by atoms with Gasteiger partial charge in [-0.3, -0.25) is 10.1 Å². The summed E-state index contributed by atoms with van der Waals surface area (Å²) in [5, 5.41) is 11.0. The van der Waals surface area contributed by atoms with E-state index in [1.807, 2.05) is 0 Å². The zero-order chi connectivity index (χ0) is 14.5. The molecule has 2 atom stereocenters. The highest BCUT2D eigenvalue weighted by Crippen LogP contribution is 2.42. The molecular formula is C12H15N3O4S. The summed E-state index contributed by atoms with van der Waals surface area (Å²) in [5.41, 5.74) is 5.39. The summed E-state index contributed by atoms with van der Waals surface area (Å²) in [5.74, 6) is 0.384. The van der Waals surface area contributed by atoms with E-state index in [4.69, 9.17) is 5.73 Å². The number of piperidine rings is 1. The minimum Gasteiger partial charge on any atom is -0.399 e. The van der Waals surface area contributed by atoms with Crippen molar-refractivity contribution in [1.82, 2.24) is 4.31 Å². The topological polar surface area (TPSA) is 107 Å². The van der Waals surface area contributed by atoms with Crippen LogP contribution in [0, 0.1) is 16.0 Å². The van der Waals surface area contributed by atoms with Crippen molar-refractivity contribution in [3.8, 4) is 0 Å². The van der Waals surface area contributed by atoms with E-state index in [0.717, 1.165) is 25.3 Å². The van der Waals surface area contributed by atoms with Gasteiger partial charge in [-0.2, -0.15) is 4.31 Å². The predicted molar refractivity (Wildman–Crippen MR) is 72.5 cm³/mol. The van der Waals surface area contributed by atoms with Gasteiger partial charge in [-0.05, 0) is 37.3 Å². The molecule has 3 rings (SSSR count). The number of nitrogen functional groups attached to an aromatic ring is 1. The van der Waals surface area contributed by atoms with Crippen LogP contribution in [0.3, 0.4) is 0 Å². The van der Waals surface area contributed by atoms with E-state index in [0.29, 0.717) is 12.5 Å². The first-order chi connectivity index (χ1) is 9.39. The minimum atomic E-state index is -3.86. The van der Waals surface area contributed by atoms with Crippen LogP contribution in [0.15, 0.2) is 23.1 Å². The van der Waals surface area contributed by atoms with Crippen molar-refractivity contribution in [1.29, 1.82) is 0 Å². The van der Waals surface area contributed by atoms with E-state index in [1.165, 1.54) is 16.4 Å². The second-order valence-corrected chi connectivity index (χ2v) is 7.25. The molecule has 8 heteroatoms. The molecule has 1 aliphatic heterocycles.